The molecule has 0 saturated heterocycles. The zero-order valence-electron chi connectivity index (χ0n) is 17.3. The highest BCUT2D eigenvalue weighted by Gasteiger charge is 2.23. The summed E-state index contributed by atoms with van der Waals surface area (Å²) < 4.78 is 4.15. The molecule has 0 aliphatic carbocycles. The quantitative estimate of drug-likeness (QED) is 0.440. The minimum Gasteiger partial charge on any atom is -0.343 e. The van der Waals surface area contributed by atoms with E-state index in [1.54, 1.807) is 23.1 Å². The minimum absolute atomic E-state index is 0.0701. The molecule has 0 aromatic carbocycles. The second-order valence-corrected chi connectivity index (χ2v) is 9.26. The lowest BCUT2D eigenvalue weighted by atomic mass is 10.1. The topological polar surface area (TPSA) is 64.2 Å². The molecule has 4 heterocycles. The first-order valence-electron chi connectivity index (χ1n) is 9.87. The second-order valence-electron chi connectivity index (χ2n) is 7.24. The Morgan fingerprint density at radius 1 is 1.23 bits per heavy atom. The van der Waals surface area contributed by atoms with E-state index in [1.807, 2.05) is 41.8 Å². The van der Waals surface area contributed by atoms with Crippen LogP contribution in [0.25, 0.3) is 5.65 Å². The van der Waals surface area contributed by atoms with E-state index in [4.69, 9.17) is 0 Å². The minimum atomic E-state index is -0.206. The van der Waals surface area contributed by atoms with Crippen molar-refractivity contribution in [3.05, 3.63) is 75.6 Å². The smallest absolute Gasteiger partial charge is 0.253 e. The molecule has 1 N–H and O–H groups in total. The summed E-state index contributed by atoms with van der Waals surface area (Å²) >= 11 is 3.49. The Balaban J connectivity index is 1.60. The molecule has 8 heteroatoms. The van der Waals surface area contributed by atoms with Gasteiger partial charge in [-0.15, -0.1) is 21.5 Å². The number of aromatic nitrogens is 4. The van der Waals surface area contributed by atoms with Crippen LogP contribution < -0.4 is 5.32 Å². The number of hydrogen-bond donors (Lipinski definition) is 1. The van der Waals surface area contributed by atoms with Crippen molar-refractivity contribution in [3.63, 3.8) is 0 Å². The van der Waals surface area contributed by atoms with Gasteiger partial charge in [-0.2, -0.15) is 11.8 Å². The number of thiophene rings is 1. The zero-order chi connectivity index (χ0) is 21.1. The lowest BCUT2D eigenvalue weighted by Gasteiger charge is -2.17. The molecule has 156 valence electrons. The van der Waals surface area contributed by atoms with E-state index in [1.165, 1.54) is 4.88 Å². The van der Waals surface area contributed by atoms with E-state index in [0.717, 1.165) is 41.6 Å². The highest BCUT2D eigenvalue weighted by Crippen LogP contribution is 2.22. The Labute approximate surface area is 184 Å². The maximum Gasteiger partial charge on any atom is 0.253 e. The molecular weight excluding hydrogens is 414 g/mol. The van der Waals surface area contributed by atoms with Gasteiger partial charge in [-0.25, -0.2) is 0 Å². The van der Waals surface area contributed by atoms with Gasteiger partial charge in [0.05, 0.1) is 18.2 Å². The van der Waals surface area contributed by atoms with Crippen LogP contribution in [0, 0.1) is 13.8 Å². The lowest BCUT2D eigenvalue weighted by Crippen LogP contribution is -2.30. The average Bonchev–Trinajstić information content (AvgIpc) is 3.47. The van der Waals surface area contributed by atoms with Crippen LogP contribution >= 0.6 is 23.1 Å². The first kappa shape index (κ1) is 20.7. The van der Waals surface area contributed by atoms with Crippen molar-refractivity contribution in [2.75, 3.05) is 12.0 Å². The molecule has 0 bridgehead atoms. The first-order valence-corrected chi connectivity index (χ1v) is 12.1. The summed E-state index contributed by atoms with van der Waals surface area (Å²) in [6, 6.07) is 11.8. The Morgan fingerprint density at radius 3 is 2.87 bits per heavy atom. The number of carbonyl (C=O) groups is 1. The van der Waals surface area contributed by atoms with E-state index in [0.29, 0.717) is 5.56 Å². The average molecular weight is 440 g/mol. The summed E-state index contributed by atoms with van der Waals surface area (Å²) in [5.41, 5.74) is 3.56. The molecule has 0 fully saturated rings. The van der Waals surface area contributed by atoms with Crippen LogP contribution in [-0.4, -0.2) is 37.1 Å². The molecule has 6 nitrogen and oxygen atoms in total. The van der Waals surface area contributed by atoms with Crippen molar-refractivity contribution in [2.24, 2.45) is 0 Å². The van der Waals surface area contributed by atoms with E-state index in [-0.39, 0.29) is 11.9 Å². The van der Waals surface area contributed by atoms with Gasteiger partial charge in [0, 0.05) is 22.5 Å². The van der Waals surface area contributed by atoms with E-state index < -0.39 is 0 Å². The Hall–Kier alpha value is -2.58. The summed E-state index contributed by atoms with van der Waals surface area (Å²) in [5, 5.41) is 13.9. The first-order chi connectivity index (χ1) is 14.6. The van der Waals surface area contributed by atoms with Crippen molar-refractivity contribution in [2.45, 2.75) is 32.9 Å². The van der Waals surface area contributed by atoms with Crippen LogP contribution in [0.1, 0.15) is 44.9 Å². The van der Waals surface area contributed by atoms with Crippen LogP contribution in [0.3, 0.4) is 0 Å². The number of hydrogen-bond acceptors (Lipinski definition) is 5. The number of nitrogens with one attached hydrogen (secondary N) is 1. The third-order valence-corrected chi connectivity index (χ3v) is 6.79. The van der Waals surface area contributed by atoms with E-state index in [9.17, 15) is 4.79 Å². The Kier molecular flexibility index (Phi) is 6.24. The molecule has 1 amide bonds. The van der Waals surface area contributed by atoms with Gasteiger partial charge in [0.25, 0.3) is 5.91 Å². The van der Waals surface area contributed by atoms with Crippen molar-refractivity contribution in [3.8, 4) is 0 Å². The molecule has 0 radical (unpaired) electrons. The van der Waals surface area contributed by atoms with Crippen molar-refractivity contribution >= 4 is 34.7 Å². The number of rotatable bonds is 8. The highest BCUT2D eigenvalue weighted by atomic mass is 32.2. The Morgan fingerprint density at radius 2 is 2.10 bits per heavy atom. The molecule has 0 saturated carbocycles. The molecule has 4 rings (SSSR count). The number of aryl methyl sites for hydroxylation is 1. The van der Waals surface area contributed by atoms with Crippen LogP contribution in [0.4, 0.5) is 0 Å². The van der Waals surface area contributed by atoms with Gasteiger partial charge >= 0.3 is 0 Å². The maximum atomic E-state index is 13.3. The van der Waals surface area contributed by atoms with Gasteiger partial charge in [0.2, 0.25) is 0 Å². The van der Waals surface area contributed by atoms with Gasteiger partial charge in [0.1, 0.15) is 0 Å². The maximum absolute atomic E-state index is 13.3. The summed E-state index contributed by atoms with van der Waals surface area (Å²) in [4.78, 5) is 14.5. The van der Waals surface area contributed by atoms with Crippen molar-refractivity contribution in [1.82, 2.24) is 24.5 Å². The van der Waals surface area contributed by atoms with Crippen molar-refractivity contribution in [1.29, 1.82) is 0 Å². The predicted molar refractivity (Wildman–Crippen MR) is 124 cm³/mol. The van der Waals surface area contributed by atoms with Crippen LogP contribution in [0.5, 0.6) is 0 Å². The molecule has 1 atom stereocenters. The number of nitrogens with zero attached hydrogens (tertiary/aromatic N) is 4. The summed E-state index contributed by atoms with van der Waals surface area (Å²) in [5.74, 6) is 1.61. The molecular formula is C22H25N5OS2. The summed E-state index contributed by atoms with van der Waals surface area (Å²) in [6.45, 7) is 4.85. The zero-order valence-corrected chi connectivity index (χ0v) is 19.0. The van der Waals surface area contributed by atoms with Gasteiger partial charge in [-0.3, -0.25) is 9.20 Å². The van der Waals surface area contributed by atoms with Crippen molar-refractivity contribution < 1.29 is 4.79 Å². The van der Waals surface area contributed by atoms with Gasteiger partial charge in [0.15, 0.2) is 11.5 Å². The molecule has 4 aromatic rings. The number of amides is 1. The third-order valence-electron chi connectivity index (χ3n) is 5.28. The normalized spacial score (nSPS) is 12.4. The molecule has 4 aromatic heterocycles. The summed E-state index contributed by atoms with van der Waals surface area (Å²) in [7, 11) is 0. The fraction of sp³-hybridized carbons (Fsp3) is 0.318. The third kappa shape index (κ3) is 4.15. The fourth-order valence-electron chi connectivity index (χ4n) is 3.67. The Bertz CT molecular complexity index is 1150. The highest BCUT2D eigenvalue weighted by molar-refractivity contribution is 7.98. The predicted octanol–water partition coefficient (Wildman–Crippen LogP) is 4.48. The standard InChI is InChI=1S/C22H25N5OS2/c1-15-13-18(16(2)27(15)14-17-7-6-11-30-17)22(28)23-19(9-12-29-3)21-25-24-20-8-4-5-10-26(20)21/h4-8,10-11,13,19H,9,12,14H2,1-3H3,(H,23,28). The lowest BCUT2D eigenvalue weighted by molar-refractivity contribution is 0.0933. The second kappa shape index (κ2) is 9.06. The largest absolute Gasteiger partial charge is 0.343 e. The number of fused-ring (bicyclic) bond motifs is 1. The number of thioether (sulfide) groups is 1. The molecule has 0 aliphatic rings. The number of pyridine rings is 1. The van der Waals surface area contributed by atoms with Crippen LogP contribution in [0.15, 0.2) is 48.0 Å². The van der Waals surface area contributed by atoms with E-state index in [2.05, 4.69) is 50.8 Å². The molecule has 30 heavy (non-hydrogen) atoms. The molecule has 0 aliphatic heterocycles. The molecule has 1 unspecified atom stereocenters. The SMILES string of the molecule is CSCCC(NC(=O)c1cc(C)n(Cc2cccs2)c1C)c1nnc2ccccn12. The number of carbonyl (C=O) groups excluding carboxylic acids is 1. The van der Waals surface area contributed by atoms with Gasteiger partial charge in [-0.1, -0.05) is 12.1 Å². The summed E-state index contributed by atoms with van der Waals surface area (Å²) in [6.07, 6.45) is 4.80. The van der Waals surface area contributed by atoms with Gasteiger partial charge in [-0.05, 0) is 61.9 Å². The monoisotopic (exact) mass is 439 g/mol. The van der Waals surface area contributed by atoms with E-state index >= 15 is 0 Å². The molecule has 0 spiro atoms. The van der Waals surface area contributed by atoms with Crippen LogP contribution in [0.2, 0.25) is 0 Å². The van der Waals surface area contributed by atoms with Gasteiger partial charge < -0.3 is 9.88 Å². The fourth-order valence-corrected chi connectivity index (χ4v) is 4.83. The van der Waals surface area contributed by atoms with Crippen LogP contribution in [-0.2, 0) is 6.54 Å².